The highest BCUT2D eigenvalue weighted by Gasteiger charge is 2.36. The van der Waals surface area contributed by atoms with E-state index in [9.17, 15) is 19.5 Å². The summed E-state index contributed by atoms with van der Waals surface area (Å²) >= 11 is 11.5. The fraction of sp³-hybridized carbons (Fsp3) is 0.400. The Hall–Kier alpha value is -1.99. The van der Waals surface area contributed by atoms with Crippen molar-refractivity contribution in [3.05, 3.63) is 27.7 Å². The van der Waals surface area contributed by atoms with Crippen molar-refractivity contribution in [3.8, 4) is 5.75 Å². The summed E-state index contributed by atoms with van der Waals surface area (Å²) in [4.78, 5) is 37.0. The summed E-state index contributed by atoms with van der Waals surface area (Å²) in [6.45, 7) is 1.81. The van der Waals surface area contributed by atoms with Gasteiger partial charge >= 0.3 is 5.97 Å². The van der Waals surface area contributed by atoms with Crippen LogP contribution in [0.3, 0.4) is 0 Å². The molecule has 130 valence electrons. The van der Waals surface area contributed by atoms with Gasteiger partial charge in [0.1, 0.15) is 12.1 Å². The van der Waals surface area contributed by atoms with Crippen LogP contribution < -0.4 is 5.32 Å². The molecule has 3 N–H and O–H groups in total. The quantitative estimate of drug-likeness (QED) is 0.745. The summed E-state index contributed by atoms with van der Waals surface area (Å²) in [6, 6.07) is 0.675. The van der Waals surface area contributed by atoms with Crippen LogP contribution in [0.4, 0.5) is 0 Å². The lowest BCUT2D eigenvalue weighted by atomic mass is 10.1. The maximum Gasteiger partial charge on any atom is 0.326 e. The molecule has 9 heteroatoms. The number of carbonyl (C=O) groups excluding carboxylic acids is 2. The number of carboxylic acid groups (broad SMARTS) is 1. The number of phenols is 1. The Labute approximate surface area is 148 Å². The lowest BCUT2D eigenvalue weighted by Gasteiger charge is -2.25. The molecule has 24 heavy (non-hydrogen) atoms. The van der Waals surface area contributed by atoms with Crippen LogP contribution in [0.25, 0.3) is 0 Å². The van der Waals surface area contributed by atoms with E-state index in [1.807, 2.05) is 0 Å². The number of phenolic OH excluding ortho intramolecular Hbond substituents is 1. The number of amides is 2. The molecule has 0 aromatic heterocycles. The fourth-order valence-corrected chi connectivity index (χ4v) is 3.06. The van der Waals surface area contributed by atoms with Gasteiger partial charge in [0.2, 0.25) is 5.91 Å². The first-order valence-electron chi connectivity index (χ1n) is 7.24. The lowest BCUT2D eigenvalue weighted by Crippen LogP contribution is -2.50. The number of aliphatic carboxylic acids is 1. The molecule has 1 aliphatic rings. The van der Waals surface area contributed by atoms with E-state index in [2.05, 4.69) is 5.32 Å². The molecule has 0 radical (unpaired) electrons. The van der Waals surface area contributed by atoms with Gasteiger partial charge in [-0.1, -0.05) is 23.2 Å². The highest BCUT2D eigenvalue weighted by Crippen LogP contribution is 2.32. The van der Waals surface area contributed by atoms with Gasteiger partial charge in [0.25, 0.3) is 5.91 Å². The van der Waals surface area contributed by atoms with E-state index in [1.54, 1.807) is 0 Å². The van der Waals surface area contributed by atoms with Gasteiger partial charge in [0.05, 0.1) is 10.0 Å². The summed E-state index contributed by atoms with van der Waals surface area (Å²) in [5.41, 5.74) is 0.0821. The Morgan fingerprint density at radius 3 is 2.42 bits per heavy atom. The van der Waals surface area contributed by atoms with Crippen LogP contribution in [0.5, 0.6) is 5.75 Å². The predicted molar refractivity (Wildman–Crippen MR) is 87.4 cm³/mol. The van der Waals surface area contributed by atoms with Crippen LogP contribution in [0.1, 0.15) is 30.1 Å². The van der Waals surface area contributed by atoms with Gasteiger partial charge in [-0.2, -0.15) is 0 Å². The van der Waals surface area contributed by atoms with Crippen LogP contribution in [0, 0.1) is 0 Å². The number of nitrogens with one attached hydrogen (secondary N) is 1. The second-order valence-corrected chi connectivity index (χ2v) is 6.33. The molecule has 7 nitrogen and oxygen atoms in total. The topological polar surface area (TPSA) is 107 Å². The van der Waals surface area contributed by atoms with Crippen molar-refractivity contribution < 1.29 is 24.6 Å². The average Bonchev–Trinajstić information content (AvgIpc) is 3.00. The minimum atomic E-state index is -1.06. The highest BCUT2D eigenvalue weighted by molar-refractivity contribution is 6.37. The van der Waals surface area contributed by atoms with Gasteiger partial charge in [-0.25, -0.2) is 4.79 Å². The zero-order chi connectivity index (χ0) is 18.0. The molecule has 2 unspecified atom stereocenters. The van der Waals surface area contributed by atoms with E-state index in [0.29, 0.717) is 19.4 Å². The van der Waals surface area contributed by atoms with E-state index in [-0.39, 0.29) is 21.4 Å². The SMILES string of the molecule is CC(NC(=O)c1cc(Cl)c(O)c(Cl)c1)C(=O)N1CCCC1C(=O)O. The largest absolute Gasteiger partial charge is 0.505 e. The van der Waals surface area contributed by atoms with Crippen molar-refractivity contribution in [1.82, 2.24) is 10.2 Å². The number of carbonyl (C=O) groups is 3. The second-order valence-electron chi connectivity index (χ2n) is 5.51. The van der Waals surface area contributed by atoms with Crippen LogP contribution >= 0.6 is 23.2 Å². The van der Waals surface area contributed by atoms with E-state index in [1.165, 1.54) is 24.0 Å². The van der Waals surface area contributed by atoms with Gasteiger partial charge in [-0.3, -0.25) is 9.59 Å². The summed E-state index contributed by atoms with van der Waals surface area (Å²) in [5, 5.41) is 20.9. The minimum absolute atomic E-state index is 0.0821. The molecule has 1 aromatic rings. The van der Waals surface area contributed by atoms with Gasteiger partial charge in [0, 0.05) is 12.1 Å². The van der Waals surface area contributed by atoms with Crippen LogP contribution in [0.2, 0.25) is 10.0 Å². The molecule has 1 fully saturated rings. The molecule has 0 aliphatic carbocycles. The number of hydrogen-bond acceptors (Lipinski definition) is 4. The van der Waals surface area contributed by atoms with Crippen LogP contribution in [-0.4, -0.2) is 51.5 Å². The molecule has 0 spiro atoms. The number of aromatic hydroxyl groups is 1. The number of halogens is 2. The van der Waals surface area contributed by atoms with Crippen molar-refractivity contribution in [3.63, 3.8) is 0 Å². The summed E-state index contributed by atoms with van der Waals surface area (Å²) < 4.78 is 0. The number of likely N-dealkylation sites (tertiary alicyclic amines) is 1. The number of benzene rings is 1. The van der Waals surface area contributed by atoms with Crippen LogP contribution in [-0.2, 0) is 9.59 Å². The maximum absolute atomic E-state index is 12.4. The number of rotatable bonds is 4. The van der Waals surface area contributed by atoms with Crippen LogP contribution in [0.15, 0.2) is 12.1 Å². The average molecular weight is 375 g/mol. The Bertz CT molecular complexity index is 671. The molecule has 1 saturated heterocycles. The van der Waals surface area contributed by atoms with Gasteiger partial charge in [0.15, 0.2) is 5.75 Å². The zero-order valence-corrected chi connectivity index (χ0v) is 14.3. The number of nitrogens with zero attached hydrogens (tertiary/aromatic N) is 1. The van der Waals surface area contributed by atoms with Gasteiger partial charge < -0.3 is 20.4 Å². The third-order valence-electron chi connectivity index (χ3n) is 3.82. The monoisotopic (exact) mass is 374 g/mol. The third-order valence-corrected chi connectivity index (χ3v) is 4.39. The molecule has 0 saturated carbocycles. The Morgan fingerprint density at radius 1 is 1.29 bits per heavy atom. The van der Waals surface area contributed by atoms with Gasteiger partial charge in [-0.05, 0) is 31.9 Å². The normalized spacial score (nSPS) is 18.3. The molecule has 1 aromatic carbocycles. The third kappa shape index (κ3) is 3.73. The predicted octanol–water partition coefficient (Wildman–Crippen LogP) is 1.89. The fourth-order valence-electron chi connectivity index (χ4n) is 2.57. The highest BCUT2D eigenvalue weighted by atomic mass is 35.5. The molecule has 2 atom stereocenters. The van der Waals surface area contributed by atoms with Crippen molar-refractivity contribution in [1.29, 1.82) is 0 Å². The van der Waals surface area contributed by atoms with Crippen molar-refractivity contribution in [2.45, 2.75) is 31.8 Å². The van der Waals surface area contributed by atoms with E-state index in [0.717, 1.165) is 0 Å². The number of hydrogen-bond donors (Lipinski definition) is 3. The molecule has 2 amide bonds. The van der Waals surface area contributed by atoms with Crippen molar-refractivity contribution in [2.75, 3.05) is 6.54 Å². The first kappa shape index (κ1) is 18.4. The smallest absolute Gasteiger partial charge is 0.326 e. The van der Waals surface area contributed by atoms with Gasteiger partial charge in [-0.15, -0.1) is 0 Å². The summed E-state index contributed by atoms with van der Waals surface area (Å²) in [7, 11) is 0. The molecule has 0 bridgehead atoms. The Kier molecular flexibility index (Phi) is 5.56. The molecular formula is C15H16Cl2N2O5. The number of carboxylic acids is 1. The molecule has 2 rings (SSSR count). The summed E-state index contributed by atoms with van der Waals surface area (Å²) in [5.74, 6) is -2.47. The first-order valence-corrected chi connectivity index (χ1v) is 8.00. The first-order chi connectivity index (χ1) is 11.2. The standard InChI is InChI=1S/C15H16Cl2N2O5/c1-7(14(22)19-4-2-3-11(19)15(23)24)18-13(21)8-5-9(16)12(20)10(17)6-8/h5-7,11,20H,2-4H2,1H3,(H,18,21)(H,23,24). The second kappa shape index (κ2) is 7.27. The molecule has 1 aliphatic heterocycles. The Morgan fingerprint density at radius 2 is 1.88 bits per heavy atom. The maximum atomic E-state index is 12.4. The minimum Gasteiger partial charge on any atom is -0.505 e. The van der Waals surface area contributed by atoms with E-state index < -0.39 is 29.9 Å². The molecule has 1 heterocycles. The van der Waals surface area contributed by atoms with Crippen molar-refractivity contribution in [2.24, 2.45) is 0 Å². The van der Waals surface area contributed by atoms with E-state index in [4.69, 9.17) is 28.3 Å². The van der Waals surface area contributed by atoms with Crippen molar-refractivity contribution >= 4 is 41.0 Å². The molecular weight excluding hydrogens is 359 g/mol. The Balaban J connectivity index is 2.08. The zero-order valence-electron chi connectivity index (χ0n) is 12.8. The lowest BCUT2D eigenvalue weighted by molar-refractivity contribution is -0.148. The summed E-state index contributed by atoms with van der Waals surface area (Å²) in [6.07, 6.45) is 0.997. The van der Waals surface area contributed by atoms with E-state index >= 15 is 0 Å².